The molecular weight excluding hydrogens is 817 g/mol. The number of carbonyl (C=O) groups is 5. The number of imide groups is 2. The van der Waals surface area contributed by atoms with Crippen molar-refractivity contribution in [2.45, 2.75) is 56.7 Å². The number of hydrogen-bond donors (Lipinski definition) is 3. The van der Waals surface area contributed by atoms with Crippen LogP contribution < -0.4 is 16.0 Å². The number of halogens is 2. The first kappa shape index (κ1) is 41.8. The van der Waals surface area contributed by atoms with Gasteiger partial charge in [0.1, 0.15) is 17.7 Å². The fourth-order valence-corrected chi connectivity index (χ4v) is 8.73. The molecule has 2 atom stereocenters. The monoisotopic (exact) mass is 861 g/mol. The number of amides is 5. The van der Waals surface area contributed by atoms with E-state index in [4.69, 9.17) is 14.5 Å². The van der Waals surface area contributed by atoms with E-state index >= 15 is 8.78 Å². The number of aromatic nitrogens is 4. The molecule has 0 saturated carbocycles. The van der Waals surface area contributed by atoms with Gasteiger partial charge in [-0.25, -0.2) is 13.8 Å². The smallest absolute Gasteiger partial charge is 0.264 e. The van der Waals surface area contributed by atoms with Crippen LogP contribution in [0.1, 0.15) is 64.4 Å². The molecule has 326 valence electrons. The van der Waals surface area contributed by atoms with Crippen LogP contribution in [-0.2, 0) is 30.3 Å². The molecule has 3 N–H and O–H groups in total. The van der Waals surface area contributed by atoms with Crippen molar-refractivity contribution in [3.8, 4) is 22.4 Å². The predicted octanol–water partition coefficient (Wildman–Crippen LogP) is 4.05. The summed E-state index contributed by atoms with van der Waals surface area (Å²) < 4.78 is 44.0. The molecule has 5 amide bonds. The number of likely N-dealkylation sites (tertiary alicyclic amines) is 1. The Hall–Kier alpha value is -6.50. The standard InChI is InChI=1S/C45H45F2N9O7/c46-33-19-26(20-34(47)32(33)21-29-23-48-12-18-63-29)30-3-1-6-36-42(30)52-37(24-50-36)27-22-51-55(25-27)28-9-14-54(15-10-28)40(58)11-16-62-17-13-49-35-5-2-4-31-41(35)45(61)56(44(31)60)38-7-8-39(57)53-43(38)59/h1-6,19-20,22,24-25,28-29,38,48-49H,7-18,21,23H2,(H,53,57,59). The summed E-state index contributed by atoms with van der Waals surface area (Å²) in [5, 5.41) is 13.1. The topological polar surface area (TPSA) is 190 Å². The van der Waals surface area contributed by atoms with Crippen LogP contribution in [0.3, 0.4) is 0 Å². The van der Waals surface area contributed by atoms with Gasteiger partial charge in [0.25, 0.3) is 11.8 Å². The van der Waals surface area contributed by atoms with Gasteiger partial charge in [-0.1, -0.05) is 18.2 Å². The van der Waals surface area contributed by atoms with Crippen LogP contribution in [-0.4, -0.2) is 124 Å². The van der Waals surface area contributed by atoms with E-state index in [1.165, 1.54) is 18.2 Å². The molecule has 0 radical (unpaired) electrons. The van der Waals surface area contributed by atoms with Gasteiger partial charge < -0.3 is 25.0 Å². The number of piperidine rings is 2. The lowest BCUT2D eigenvalue weighted by atomic mass is 9.98. The number of benzene rings is 3. The van der Waals surface area contributed by atoms with E-state index in [9.17, 15) is 24.0 Å². The predicted molar refractivity (Wildman–Crippen MR) is 224 cm³/mol. The van der Waals surface area contributed by atoms with Crippen molar-refractivity contribution < 1.29 is 42.2 Å². The molecule has 3 aromatic carbocycles. The van der Waals surface area contributed by atoms with Crippen molar-refractivity contribution in [3.63, 3.8) is 0 Å². The van der Waals surface area contributed by atoms with Crippen LogP contribution in [0.5, 0.6) is 0 Å². The van der Waals surface area contributed by atoms with Gasteiger partial charge in [0.2, 0.25) is 17.7 Å². The summed E-state index contributed by atoms with van der Waals surface area (Å²) in [4.78, 5) is 75.8. The Morgan fingerprint density at radius 2 is 1.73 bits per heavy atom. The zero-order valence-corrected chi connectivity index (χ0v) is 34.3. The van der Waals surface area contributed by atoms with E-state index in [2.05, 4.69) is 26.0 Å². The van der Waals surface area contributed by atoms with Gasteiger partial charge in [0.05, 0.1) is 78.6 Å². The molecule has 4 aliphatic rings. The molecule has 0 bridgehead atoms. The number of fused-ring (bicyclic) bond motifs is 2. The van der Waals surface area contributed by atoms with Crippen molar-refractivity contribution in [1.29, 1.82) is 0 Å². The molecule has 3 saturated heterocycles. The number of ether oxygens (including phenoxy) is 2. The van der Waals surface area contributed by atoms with Crippen molar-refractivity contribution in [3.05, 3.63) is 95.4 Å². The van der Waals surface area contributed by atoms with Gasteiger partial charge in [-0.3, -0.25) is 43.9 Å². The lowest BCUT2D eigenvalue weighted by molar-refractivity contribution is -0.136. The van der Waals surface area contributed by atoms with Crippen LogP contribution in [0.4, 0.5) is 14.5 Å². The molecule has 6 heterocycles. The van der Waals surface area contributed by atoms with Gasteiger partial charge >= 0.3 is 0 Å². The highest BCUT2D eigenvalue weighted by Gasteiger charge is 2.45. The van der Waals surface area contributed by atoms with E-state index in [-0.39, 0.29) is 73.6 Å². The third-order valence-electron chi connectivity index (χ3n) is 12.0. The molecular formula is C45H45F2N9O7. The first-order valence-electron chi connectivity index (χ1n) is 21.2. The van der Waals surface area contributed by atoms with E-state index < -0.39 is 41.3 Å². The Morgan fingerprint density at radius 1 is 0.937 bits per heavy atom. The van der Waals surface area contributed by atoms with E-state index in [0.29, 0.717) is 85.7 Å². The van der Waals surface area contributed by atoms with E-state index in [1.54, 1.807) is 42.7 Å². The maximum Gasteiger partial charge on any atom is 0.264 e. The molecule has 9 rings (SSSR count). The molecule has 0 aliphatic carbocycles. The molecule has 2 aromatic heterocycles. The van der Waals surface area contributed by atoms with Crippen LogP contribution in [0.15, 0.2) is 67.1 Å². The Bertz CT molecular complexity index is 2580. The summed E-state index contributed by atoms with van der Waals surface area (Å²) in [7, 11) is 0. The molecule has 63 heavy (non-hydrogen) atoms. The highest BCUT2D eigenvalue weighted by atomic mass is 19.1. The third kappa shape index (κ3) is 8.65. The zero-order chi connectivity index (χ0) is 43.6. The lowest BCUT2D eigenvalue weighted by Gasteiger charge is -2.32. The molecule has 16 nitrogen and oxygen atoms in total. The third-order valence-corrected chi connectivity index (χ3v) is 12.0. The van der Waals surface area contributed by atoms with Crippen molar-refractivity contribution in [2.24, 2.45) is 0 Å². The summed E-state index contributed by atoms with van der Waals surface area (Å²) in [5.41, 5.74) is 4.10. The first-order chi connectivity index (χ1) is 30.6. The van der Waals surface area contributed by atoms with Gasteiger partial charge in [-0.2, -0.15) is 5.10 Å². The highest BCUT2D eigenvalue weighted by Crippen LogP contribution is 2.34. The van der Waals surface area contributed by atoms with Gasteiger partial charge in [-0.05, 0) is 55.2 Å². The van der Waals surface area contributed by atoms with Crippen molar-refractivity contribution >= 4 is 46.3 Å². The summed E-state index contributed by atoms with van der Waals surface area (Å²) in [6.45, 7) is 3.60. The Morgan fingerprint density at radius 3 is 2.51 bits per heavy atom. The number of anilines is 1. The number of carbonyl (C=O) groups excluding carboxylic acids is 5. The second-order valence-corrected chi connectivity index (χ2v) is 16.0. The number of rotatable bonds is 13. The van der Waals surface area contributed by atoms with E-state index in [0.717, 1.165) is 10.5 Å². The van der Waals surface area contributed by atoms with Gasteiger partial charge in [-0.15, -0.1) is 0 Å². The average Bonchev–Trinajstić information content (AvgIpc) is 3.89. The largest absolute Gasteiger partial charge is 0.382 e. The Kier molecular flexibility index (Phi) is 12.0. The van der Waals surface area contributed by atoms with Crippen LogP contribution in [0.2, 0.25) is 0 Å². The number of nitrogens with zero attached hydrogens (tertiary/aromatic N) is 6. The maximum atomic E-state index is 15.4. The number of hydrogen-bond acceptors (Lipinski definition) is 12. The summed E-state index contributed by atoms with van der Waals surface area (Å²) in [5.74, 6) is -3.57. The van der Waals surface area contributed by atoms with E-state index in [1.807, 2.05) is 15.8 Å². The SMILES string of the molecule is O=C1CCC(N2C(=O)c3cccc(NCCOCCC(=O)N4CCC(n5cc(-c6cnc7cccc(-c8cc(F)c(CC9CNCCO9)c(F)c8)c7n6)cn5)CC4)c3C2=O)C(=O)N1. The lowest BCUT2D eigenvalue weighted by Crippen LogP contribution is -2.54. The molecule has 2 unspecified atom stereocenters. The summed E-state index contributed by atoms with van der Waals surface area (Å²) >= 11 is 0. The second-order valence-electron chi connectivity index (χ2n) is 16.0. The fourth-order valence-electron chi connectivity index (χ4n) is 8.73. The normalized spacial score (nSPS) is 19.5. The molecule has 5 aromatic rings. The molecule has 4 aliphatic heterocycles. The fraction of sp³-hybridized carbons (Fsp3) is 0.378. The molecule has 3 fully saturated rings. The first-order valence-corrected chi connectivity index (χ1v) is 21.2. The van der Waals surface area contributed by atoms with Crippen molar-refractivity contribution in [1.82, 2.24) is 40.2 Å². The number of nitrogens with one attached hydrogen (secondary N) is 3. The molecule has 0 spiro atoms. The molecule has 18 heteroatoms. The Labute approximate surface area is 360 Å². The maximum absolute atomic E-state index is 15.4. The minimum atomic E-state index is -1.05. The number of morpholine rings is 1. The Balaban J connectivity index is 0.751. The minimum absolute atomic E-state index is 0.00437. The van der Waals surface area contributed by atoms with Gasteiger partial charge in [0, 0.05) is 74.1 Å². The summed E-state index contributed by atoms with van der Waals surface area (Å²) in [6, 6.07) is 11.9. The number of para-hydroxylation sites is 1. The summed E-state index contributed by atoms with van der Waals surface area (Å²) in [6.07, 6.45) is 6.82. The highest BCUT2D eigenvalue weighted by molar-refractivity contribution is 6.25. The second kappa shape index (κ2) is 18.1. The average molecular weight is 862 g/mol. The van der Waals surface area contributed by atoms with Crippen molar-refractivity contribution in [2.75, 3.05) is 57.9 Å². The van der Waals surface area contributed by atoms with Crippen LogP contribution >= 0.6 is 0 Å². The van der Waals surface area contributed by atoms with Crippen LogP contribution in [0, 0.1) is 11.6 Å². The quantitative estimate of drug-likeness (QED) is 0.114. The minimum Gasteiger partial charge on any atom is -0.382 e. The van der Waals surface area contributed by atoms with Crippen LogP contribution in [0.25, 0.3) is 33.4 Å². The van der Waals surface area contributed by atoms with Gasteiger partial charge in [0.15, 0.2) is 0 Å². The zero-order valence-electron chi connectivity index (χ0n) is 34.3.